The van der Waals surface area contributed by atoms with E-state index in [1.54, 1.807) is 0 Å². The van der Waals surface area contributed by atoms with Crippen LogP contribution in [0.25, 0.3) is 0 Å². The van der Waals surface area contributed by atoms with Gasteiger partial charge in [-0.3, -0.25) is 4.90 Å². The second-order valence-corrected chi connectivity index (χ2v) is 3.67. The van der Waals surface area contributed by atoms with E-state index in [0.29, 0.717) is 13.1 Å². The lowest BCUT2D eigenvalue weighted by atomic mass is 10.1. The Morgan fingerprint density at radius 3 is 2.92 bits per heavy atom. The first-order chi connectivity index (χ1) is 5.72. The highest BCUT2D eigenvalue weighted by molar-refractivity contribution is 6.18. The summed E-state index contributed by atoms with van der Waals surface area (Å²) >= 11 is 5.47. The molecule has 0 bridgehead atoms. The van der Waals surface area contributed by atoms with Crippen LogP contribution in [0, 0.1) is 0 Å². The summed E-state index contributed by atoms with van der Waals surface area (Å²) < 4.78 is 0. The molecule has 0 saturated carbocycles. The van der Waals surface area contributed by atoms with Gasteiger partial charge in [0.2, 0.25) is 0 Å². The molecule has 0 spiro atoms. The van der Waals surface area contributed by atoms with E-state index in [1.165, 1.54) is 0 Å². The number of rotatable bonds is 3. The molecule has 0 amide bonds. The Morgan fingerprint density at radius 1 is 1.58 bits per heavy atom. The molecule has 0 aromatic heterocycles. The van der Waals surface area contributed by atoms with Gasteiger partial charge in [0.15, 0.2) is 0 Å². The minimum atomic E-state index is -0.461. The third-order valence-corrected chi connectivity index (χ3v) is 2.48. The zero-order chi connectivity index (χ0) is 8.97. The summed E-state index contributed by atoms with van der Waals surface area (Å²) in [6, 6.07) is 0. The fraction of sp³-hybridized carbons (Fsp3) is 1.00. The fourth-order valence-corrected chi connectivity index (χ4v) is 1.64. The first-order valence-electron chi connectivity index (χ1n) is 4.37. The van der Waals surface area contributed by atoms with Crippen molar-refractivity contribution in [3.05, 3.63) is 0 Å². The van der Waals surface area contributed by atoms with Crippen molar-refractivity contribution in [2.45, 2.75) is 25.0 Å². The SMILES string of the molecule is OC(CCl)CN1CCCC(O)C1. The van der Waals surface area contributed by atoms with Crippen molar-refractivity contribution in [3.8, 4) is 0 Å². The smallest absolute Gasteiger partial charge is 0.0802 e. The van der Waals surface area contributed by atoms with Crippen molar-refractivity contribution in [1.29, 1.82) is 0 Å². The number of halogens is 1. The second-order valence-electron chi connectivity index (χ2n) is 3.36. The van der Waals surface area contributed by atoms with Crippen molar-refractivity contribution < 1.29 is 10.2 Å². The van der Waals surface area contributed by atoms with Crippen molar-refractivity contribution in [3.63, 3.8) is 0 Å². The summed E-state index contributed by atoms with van der Waals surface area (Å²) in [6.07, 6.45) is 1.21. The molecule has 1 fully saturated rings. The Hall–Kier alpha value is 0.170. The van der Waals surface area contributed by atoms with Gasteiger partial charge in [0, 0.05) is 19.0 Å². The molecule has 0 radical (unpaired) electrons. The van der Waals surface area contributed by atoms with Crippen LogP contribution in [0.3, 0.4) is 0 Å². The van der Waals surface area contributed by atoms with E-state index in [-0.39, 0.29) is 12.0 Å². The van der Waals surface area contributed by atoms with Crippen LogP contribution in [-0.4, -0.2) is 52.8 Å². The van der Waals surface area contributed by atoms with Crippen LogP contribution < -0.4 is 0 Å². The van der Waals surface area contributed by atoms with Crippen LogP contribution in [-0.2, 0) is 0 Å². The molecule has 1 heterocycles. The standard InChI is InChI=1S/C8H16ClNO2/c9-4-8(12)6-10-3-1-2-7(11)5-10/h7-8,11-12H,1-6H2. The lowest BCUT2D eigenvalue weighted by Crippen LogP contribution is -2.42. The van der Waals surface area contributed by atoms with Gasteiger partial charge < -0.3 is 10.2 Å². The molecule has 12 heavy (non-hydrogen) atoms. The van der Waals surface area contributed by atoms with Gasteiger partial charge in [0.05, 0.1) is 12.2 Å². The predicted molar refractivity (Wildman–Crippen MR) is 48.4 cm³/mol. The molecule has 1 rings (SSSR count). The molecule has 0 aromatic rings. The van der Waals surface area contributed by atoms with Crippen molar-refractivity contribution in [2.75, 3.05) is 25.5 Å². The monoisotopic (exact) mass is 193 g/mol. The zero-order valence-corrected chi connectivity index (χ0v) is 7.87. The van der Waals surface area contributed by atoms with E-state index in [2.05, 4.69) is 4.90 Å². The van der Waals surface area contributed by atoms with Crippen LogP contribution in [0.15, 0.2) is 0 Å². The number of likely N-dealkylation sites (tertiary alicyclic amines) is 1. The molecule has 72 valence electrons. The third-order valence-electron chi connectivity index (χ3n) is 2.13. The van der Waals surface area contributed by atoms with Crippen LogP contribution in [0.2, 0.25) is 0 Å². The molecule has 2 N–H and O–H groups in total. The number of hydrogen-bond donors (Lipinski definition) is 2. The average Bonchev–Trinajstić information content (AvgIpc) is 2.04. The molecule has 4 heteroatoms. The summed E-state index contributed by atoms with van der Waals surface area (Å²) in [5.74, 6) is 0.270. The predicted octanol–water partition coefficient (Wildman–Crippen LogP) is 0.0428. The number of hydrogen-bond acceptors (Lipinski definition) is 3. The van der Waals surface area contributed by atoms with E-state index >= 15 is 0 Å². The number of aliphatic hydroxyl groups is 2. The average molecular weight is 194 g/mol. The molecule has 0 aromatic carbocycles. The van der Waals surface area contributed by atoms with E-state index in [4.69, 9.17) is 11.6 Å². The summed E-state index contributed by atoms with van der Waals surface area (Å²) in [6.45, 7) is 2.22. The Kier molecular flexibility index (Phi) is 4.29. The van der Waals surface area contributed by atoms with Crippen molar-refractivity contribution in [2.24, 2.45) is 0 Å². The lowest BCUT2D eigenvalue weighted by Gasteiger charge is -2.30. The Morgan fingerprint density at radius 2 is 2.33 bits per heavy atom. The Balaban J connectivity index is 2.22. The minimum Gasteiger partial charge on any atom is -0.392 e. The molecule has 1 aliphatic rings. The molecular weight excluding hydrogens is 178 g/mol. The van der Waals surface area contributed by atoms with Gasteiger partial charge in [-0.1, -0.05) is 0 Å². The van der Waals surface area contributed by atoms with Gasteiger partial charge in [-0.25, -0.2) is 0 Å². The fourth-order valence-electron chi connectivity index (χ4n) is 1.54. The van der Waals surface area contributed by atoms with Crippen LogP contribution >= 0.6 is 11.6 Å². The topological polar surface area (TPSA) is 43.7 Å². The highest BCUT2D eigenvalue weighted by Crippen LogP contribution is 2.10. The molecule has 3 nitrogen and oxygen atoms in total. The molecule has 2 atom stereocenters. The van der Waals surface area contributed by atoms with Crippen LogP contribution in [0.1, 0.15) is 12.8 Å². The highest BCUT2D eigenvalue weighted by Gasteiger charge is 2.19. The Labute approximate surface area is 77.9 Å². The minimum absolute atomic E-state index is 0.221. The molecule has 1 aliphatic heterocycles. The highest BCUT2D eigenvalue weighted by atomic mass is 35.5. The summed E-state index contributed by atoms with van der Waals surface area (Å²) in [5, 5.41) is 18.6. The van der Waals surface area contributed by atoms with Crippen molar-refractivity contribution in [1.82, 2.24) is 4.90 Å². The lowest BCUT2D eigenvalue weighted by molar-refractivity contribution is 0.0450. The maximum atomic E-state index is 9.31. The van der Waals surface area contributed by atoms with Gasteiger partial charge >= 0.3 is 0 Å². The van der Waals surface area contributed by atoms with E-state index in [1.807, 2.05) is 0 Å². The summed E-state index contributed by atoms with van der Waals surface area (Å²) in [5.41, 5.74) is 0. The van der Waals surface area contributed by atoms with E-state index in [9.17, 15) is 10.2 Å². The summed E-state index contributed by atoms with van der Waals surface area (Å²) in [7, 11) is 0. The largest absolute Gasteiger partial charge is 0.392 e. The number of β-amino-alcohol motifs (C(OH)–C–C–N with tert-alkyl or cyclic N) is 2. The molecule has 1 saturated heterocycles. The molecule has 2 unspecified atom stereocenters. The van der Waals surface area contributed by atoms with Gasteiger partial charge in [0.25, 0.3) is 0 Å². The van der Waals surface area contributed by atoms with Crippen LogP contribution in [0.4, 0.5) is 0 Å². The zero-order valence-electron chi connectivity index (χ0n) is 7.12. The van der Waals surface area contributed by atoms with Crippen LogP contribution in [0.5, 0.6) is 0 Å². The number of alkyl halides is 1. The van der Waals surface area contributed by atoms with Gasteiger partial charge in [-0.05, 0) is 19.4 Å². The van der Waals surface area contributed by atoms with E-state index in [0.717, 1.165) is 19.4 Å². The summed E-state index contributed by atoms with van der Waals surface area (Å²) in [4.78, 5) is 2.06. The maximum Gasteiger partial charge on any atom is 0.0802 e. The first-order valence-corrected chi connectivity index (χ1v) is 4.90. The number of piperidine rings is 1. The van der Waals surface area contributed by atoms with Gasteiger partial charge in [0.1, 0.15) is 0 Å². The second kappa shape index (κ2) is 5.02. The quantitative estimate of drug-likeness (QED) is 0.623. The number of aliphatic hydroxyl groups excluding tert-OH is 2. The molecule has 0 aliphatic carbocycles. The number of nitrogens with zero attached hydrogens (tertiary/aromatic N) is 1. The normalized spacial score (nSPS) is 28.8. The Bertz CT molecular complexity index is 134. The third kappa shape index (κ3) is 3.27. The first kappa shape index (κ1) is 10.3. The maximum absolute atomic E-state index is 9.31. The molecular formula is C8H16ClNO2. The van der Waals surface area contributed by atoms with Crippen molar-refractivity contribution >= 4 is 11.6 Å². The van der Waals surface area contributed by atoms with E-state index < -0.39 is 6.10 Å². The van der Waals surface area contributed by atoms with Gasteiger partial charge in [-0.15, -0.1) is 11.6 Å². The van der Waals surface area contributed by atoms with Gasteiger partial charge in [-0.2, -0.15) is 0 Å².